The van der Waals surface area contributed by atoms with Crippen LogP contribution in [0.3, 0.4) is 0 Å². The summed E-state index contributed by atoms with van der Waals surface area (Å²) in [6, 6.07) is 3.39. The third kappa shape index (κ3) is 1.46. The number of aromatic nitrogens is 1. The van der Waals surface area contributed by atoms with Crippen LogP contribution >= 0.6 is 0 Å². The highest BCUT2D eigenvalue weighted by Crippen LogP contribution is 2.24. The van der Waals surface area contributed by atoms with Gasteiger partial charge in [0.2, 0.25) is 5.88 Å². The Hall–Kier alpha value is -1.62. The van der Waals surface area contributed by atoms with E-state index in [0.717, 1.165) is 0 Å². The molecular formula is C8H8N2O3. The molecule has 2 rings (SSSR count). The number of nitrogens with one attached hydrogen (secondary N) is 1. The quantitative estimate of drug-likeness (QED) is 0.591. The highest BCUT2D eigenvalue weighted by Gasteiger charge is 2.17. The van der Waals surface area contributed by atoms with Crippen molar-refractivity contribution in [2.24, 2.45) is 0 Å². The summed E-state index contributed by atoms with van der Waals surface area (Å²) in [5.74, 6) is -0.127. The number of ether oxygens (including phenoxy) is 1. The second-order valence-electron chi connectivity index (χ2n) is 2.64. The summed E-state index contributed by atoms with van der Waals surface area (Å²) < 4.78 is 4.85. The van der Waals surface area contributed by atoms with Crippen LogP contribution in [0.1, 0.15) is 5.69 Å². The first-order chi connectivity index (χ1) is 6.29. The van der Waals surface area contributed by atoms with Gasteiger partial charge in [0.05, 0.1) is 18.0 Å². The molecule has 5 nitrogen and oxygen atoms in total. The molecule has 2 heterocycles. The summed E-state index contributed by atoms with van der Waals surface area (Å²) in [5.41, 5.74) is 1.16. The summed E-state index contributed by atoms with van der Waals surface area (Å²) in [5, 5.41) is 11.6. The Morgan fingerprint density at radius 1 is 1.62 bits per heavy atom. The molecule has 0 unspecified atom stereocenters. The number of hydrogen-bond acceptors (Lipinski definition) is 5. The van der Waals surface area contributed by atoms with Crippen molar-refractivity contribution >= 4 is 11.7 Å². The number of anilines is 1. The Labute approximate surface area is 74.4 Å². The molecular weight excluding hydrogens is 172 g/mol. The van der Waals surface area contributed by atoms with Crippen molar-refractivity contribution in [2.45, 2.75) is 6.61 Å². The van der Waals surface area contributed by atoms with Gasteiger partial charge in [0.25, 0.3) is 0 Å². The summed E-state index contributed by atoms with van der Waals surface area (Å²) in [6.45, 7) is -0.00200. The molecule has 1 aliphatic heterocycles. The molecule has 1 aromatic rings. The molecule has 0 aromatic carbocycles. The zero-order valence-corrected chi connectivity index (χ0v) is 6.78. The molecule has 2 N–H and O–H groups in total. The second kappa shape index (κ2) is 3.02. The van der Waals surface area contributed by atoms with Gasteiger partial charge in [-0.25, -0.2) is 9.78 Å². The van der Waals surface area contributed by atoms with Crippen LogP contribution in [0.2, 0.25) is 0 Å². The van der Waals surface area contributed by atoms with Crippen LogP contribution in [0.5, 0.6) is 5.88 Å². The van der Waals surface area contributed by atoms with Crippen LogP contribution < -0.4 is 10.1 Å². The molecule has 0 fully saturated rings. The lowest BCUT2D eigenvalue weighted by Crippen LogP contribution is -2.25. The monoisotopic (exact) mass is 180 g/mol. The van der Waals surface area contributed by atoms with E-state index < -0.39 is 0 Å². The molecule has 0 aliphatic carbocycles. The maximum absolute atomic E-state index is 10.8. The molecule has 1 aromatic heterocycles. The lowest BCUT2D eigenvalue weighted by atomic mass is 10.3. The van der Waals surface area contributed by atoms with E-state index in [2.05, 4.69) is 10.3 Å². The number of rotatable bonds is 1. The van der Waals surface area contributed by atoms with E-state index >= 15 is 0 Å². The topological polar surface area (TPSA) is 71.5 Å². The minimum atomic E-state index is -0.366. The van der Waals surface area contributed by atoms with E-state index in [1.807, 2.05) is 0 Å². The smallest absolute Gasteiger partial charge is 0.332 e. The number of aliphatic hydroxyl groups is 1. The van der Waals surface area contributed by atoms with Gasteiger partial charge < -0.3 is 15.2 Å². The van der Waals surface area contributed by atoms with Gasteiger partial charge in [-0.3, -0.25) is 0 Å². The average Bonchev–Trinajstić information content (AvgIpc) is 2.16. The van der Waals surface area contributed by atoms with Gasteiger partial charge in [-0.05, 0) is 12.1 Å². The van der Waals surface area contributed by atoms with Gasteiger partial charge in [0.1, 0.15) is 6.54 Å². The number of aliphatic hydroxyl groups excluding tert-OH is 1. The minimum absolute atomic E-state index is 0.160. The normalized spacial score (nSPS) is 14.4. The average molecular weight is 180 g/mol. The predicted molar refractivity (Wildman–Crippen MR) is 44.3 cm³/mol. The third-order valence-corrected chi connectivity index (χ3v) is 1.71. The van der Waals surface area contributed by atoms with Crippen molar-refractivity contribution in [3.8, 4) is 5.88 Å². The van der Waals surface area contributed by atoms with Gasteiger partial charge >= 0.3 is 5.97 Å². The Balaban J connectivity index is 2.38. The highest BCUT2D eigenvalue weighted by atomic mass is 16.5. The summed E-state index contributed by atoms with van der Waals surface area (Å²) >= 11 is 0. The van der Waals surface area contributed by atoms with Crippen LogP contribution in [0.15, 0.2) is 12.1 Å². The number of hydrogen-bond donors (Lipinski definition) is 2. The fourth-order valence-corrected chi connectivity index (χ4v) is 1.09. The minimum Gasteiger partial charge on any atom is -0.404 e. The van der Waals surface area contributed by atoms with Gasteiger partial charge in [0.15, 0.2) is 0 Å². The highest BCUT2D eigenvalue weighted by molar-refractivity contribution is 5.82. The van der Waals surface area contributed by atoms with Crippen LogP contribution in [0.25, 0.3) is 0 Å². The van der Waals surface area contributed by atoms with E-state index in [-0.39, 0.29) is 25.0 Å². The first-order valence-electron chi connectivity index (χ1n) is 3.85. The Morgan fingerprint density at radius 2 is 2.46 bits per heavy atom. The molecule has 0 saturated carbocycles. The van der Waals surface area contributed by atoms with Crippen molar-refractivity contribution in [3.05, 3.63) is 17.8 Å². The van der Waals surface area contributed by atoms with Crippen molar-refractivity contribution in [1.82, 2.24) is 4.98 Å². The Bertz CT molecular complexity index is 351. The maximum atomic E-state index is 10.8. The zero-order valence-electron chi connectivity index (χ0n) is 6.78. The molecule has 68 valence electrons. The SMILES string of the molecule is O=C1CNc2ccc(CO)nc2O1. The molecule has 0 atom stereocenters. The van der Waals surface area contributed by atoms with Crippen LogP contribution in [-0.2, 0) is 11.4 Å². The van der Waals surface area contributed by atoms with Gasteiger partial charge in [-0.2, -0.15) is 0 Å². The zero-order chi connectivity index (χ0) is 9.26. The van der Waals surface area contributed by atoms with Crippen molar-refractivity contribution < 1.29 is 14.6 Å². The predicted octanol–water partition coefficient (Wildman–Crippen LogP) is -0.0952. The van der Waals surface area contributed by atoms with Crippen LogP contribution in [0, 0.1) is 0 Å². The molecule has 0 spiro atoms. The first kappa shape index (κ1) is 8.00. The number of nitrogens with zero attached hydrogens (tertiary/aromatic N) is 1. The Morgan fingerprint density at radius 3 is 3.23 bits per heavy atom. The lowest BCUT2D eigenvalue weighted by molar-refractivity contribution is -0.133. The molecule has 5 heteroatoms. The number of pyridine rings is 1. The van der Waals surface area contributed by atoms with Crippen molar-refractivity contribution in [3.63, 3.8) is 0 Å². The molecule has 0 radical (unpaired) electrons. The molecule has 0 amide bonds. The summed E-state index contributed by atoms with van der Waals surface area (Å²) in [4.78, 5) is 14.8. The largest absolute Gasteiger partial charge is 0.404 e. The maximum Gasteiger partial charge on any atom is 0.332 e. The fraction of sp³-hybridized carbons (Fsp3) is 0.250. The molecule has 13 heavy (non-hydrogen) atoms. The molecule has 0 saturated heterocycles. The number of carbonyl (C=O) groups is 1. The van der Waals surface area contributed by atoms with Crippen molar-refractivity contribution in [2.75, 3.05) is 11.9 Å². The lowest BCUT2D eigenvalue weighted by Gasteiger charge is -2.16. The summed E-state index contributed by atoms with van der Waals surface area (Å²) in [7, 11) is 0. The molecule has 1 aliphatic rings. The van der Waals surface area contributed by atoms with E-state index in [0.29, 0.717) is 11.4 Å². The van der Waals surface area contributed by atoms with Gasteiger partial charge in [-0.1, -0.05) is 0 Å². The van der Waals surface area contributed by atoms with Crippen molar-refractivity contribution in [1.29, 1.82) is 0 Å². The van der Waals surface area contributed by atoms with E-state index in [1.165, 1.54) is 0 Å². The number of carbonyl (C=O) groups excluding carboxylic acids is 1. The Kier molecular flexibility index (Phi) is 1.86. The van der Waals surface area contributed by atoms with E-state index in [1.54, 1.807) is 12.1 Å². The first-order valence-corrected chi connectivity index (χ1v) is 3.85. The number of esters is 1. The van der Waals surface area contributed by atoms with Gasteiger partial charge in [-0.15, -0.1) is 0 Å². The van der Waals surface area contributed by atoms with E-state index in [4.69, 9.17) is 9.84 Å². The number of fused-ring (bicyclic) bond motifs is 1. The summed E-state index contributed by atoms with van der Waals surface area (Å²) in [6.07, 6.45) is 0. The fourth-order valence-electron chi connectivity index (χ4n) is 1.09. The van der Waals surface area contributed by atoms with Gasteiger partial charge in [0, 0.05) is 0 Å². The van der Waals surface area contributed by atoms with E-state index in [9.17, 15) is 4.79 Å². The van der Waals surface area contributed by atoms with Crippen LogP contribution in [-0.4, -0.2) is 22.6 Å². The second-order valence-corrected chi connectivity index (χ2v) is 2.64. The van der Waals surface area contributed by atoms with Crippen LogP contribution in [0.4, 0.5) is 5.69 Å². The molecule has 0 bridgehead atoms. The third-order valence-electron chi connectivity index (χ3n) is 1.71. The standard InChI is InChI=1S/C8H8N2O3/c11-4-5-1-2-6-8(10-5)13-7(12)3-9-6/h1-2,9,11H,3-4H2.